The average Bonchev–Trinajstić information content (AvgIpc) is 3.12. The van der Waals surface area contributed by atoms with Crippen LogP contribution in [0.15, 0.2) is 30.3 Å². The minimum atomic E-state index is -3.01. The van der Waals surface area contributed by atoms with Gasteiger partial charge in [0.05, 0.1) is 17.3 Å². The average molecular weight is 412 g/mol. The first-order valence-corrected chi connectivity index (χ1v) is 11.5. The van der Waals surface area contributed by atoms with Gasteiger partial charge in [-0.3, -0.25) is 15.0 Å². The van der Waals surface area contributed by atoms with Gasteiger partial charge in [0, 0.05) is 5.25 Å². The molecule has 0 saturated carbocycles. The highest BCUT2D eigenvalue weighted by Crippen LogP contribution is 2.31. The van der Waals surface area contributed by atoms with E-state index >= 15 is 0 Å². The van der Waals surface area contributed by atoms with Crippen molar-refractivity contribution in [2.45, 2.75) is 30.6 Å². The maximum absolute atomic E-state index is 12.9. The van der Waals surface area contributed by atoms with E-state index in [4.69, 9.17) is 0 Å². The normalized spacial score (nSPS) is 26.9. The molecule has 8 nitrogen and oxygen atoms in total. The molecule has 2 heterocycles. The lowest BCUT2D eigenvalue weighted by atomic mass is 9.87. The first-order valence-electron chi connectivity index (χ1n) is 8.61. The summed E-state index contributed by atoms with van der Waals surface area (Å²) < 4.78 is 22.9. The molecular formula is C17H21N3O5S2. The monoisotopic (exact) mass is 411 g/mol. The second kappa shape index (κ2) is 7.51. The number of hydrazine groups is 1. The fraction of sp³-hybridized carbons (Fsp3) is 0.471. The summed E-state index contributed by atoms with van der Waals surface area (Å²) in [7, 11) is -3.01. The van der Waals surface area contributed by atoms with E-state index in [2.05, 4.69) is 10.7 Å². The number of imide groups is 1. The molecule has 3 rings (SSSR count). The molecule has 1 aromatic rings. The highest BCUT2D eigenvalue weighted by atomic mass is 32.2. The first-order chi connectivity index (χ1) is 12.8. The first kappa shape index (κ1) is 19.7. The topological polar surface area (TPSA) is 113 Å². The van der Waals surface area contributed by atoms with Gasteiger partial charge in [-0.2, -0.15) is 5.01 Å². The lowest BCUT2D eigenvalue weighted by Crippen LogP contribution is -2.49. The van der Waals surface area contributed by atoms with Crippen molar-refractivity contribution in [3.8, 4) is 0 Å². The predicted molar refractivity (Wildman–Crippen MR) is 101 cm³/mol. The summed E-state index contributed by atoms with van der Waals surface area (Å²) in [5, 5.41) is 3.26. The van der Waals surface area contributed by atoms with E-state index in [-0.39, 0.29) is 22.5 Å². The quantitative estimate of drug-likeness (QED) is 0.670. The second-order valence-corrected chi connectivity index (χ2v) is 10.1. The van der Waals surface area contributed by atoms with E-state index in [1.54, 1.807) is 31.2 Å². The number of thioether (sulfide) groups is 1. The molecule has 2 saturated heterocycles. The molecule has 0 spiro atoms. The lowest BCUT2D eigenvalue weighted by molar-refractivity contribution is -0.138. The number of hydrogen-bond donors (Lipinski definition) is 2. The third-order valence-corrected chi connectivity index (χ3v) is 8.05. The van der Waals surface area contributed by atoms with E-state index < -0.39 is 33.2 Å². The SMILES string of the molecule is CC[C@]1(c2ccccc2)NC(=O)N(NC(=O)CS[C@H]2CCS(=O)(=O)C2)C1=O. The zero-order valence-electron chi connectivity index (χ0n) is 14.8. The molecule has 2 fully saturated rings. The van der Waals surface area contributed by atoms with Gasteiger partial charge in [0.25, 0.3) is 5.91 Å². The van der Waals surface area contributed by atoms with E-state index in [0.717, 1.165) is 0 Å². The van der Waals surface area contributed by atoms with Crippen LogP contribution in [0.5, 0.6) is 0 Å². The Hall–Kier alpha value is -2.07. The standard InChI is InChI=1S/C17H21N3O5S2/c1-2-17(12-6-4-3-5-7-12)15(22)20(16(23)18-17)19-14(21)10-26-13-8-9-27(24,25)11-13/h3-7,13H,2,8-11H2,1H3,(H,18,23)(H,19,21)/t13-,17+/m0/s1. The van der Waals surface area contributed by atoms with Crippen molar-refractivity contribution in [1.82, 2.24) is 15.8 Å². The number of rotatable bonds is 6. The highest BCUT2D eigenvalue weighted by Gasteiger charge is 2.52. The van der Waals surface area contributed by atoms with Crippen LogP contribution >= 0.6 is 11.8 Å². The number of amides is 4. The third-order valence-electron chi connectivity index (χ3n) is 4.77. The Bertz CT molecular complexity index is 859. The molecule has 2 aliphatic rings. The number of hydrogen-bond acceptors (Lipinski definition) is 6. The Balaban J connectivity index is 1.64. The van der Waals surface area contributed by atoms with Crippen LogP contribution in [-0.2, 0) is 25.0 Å². The summed E-state index contributed by atoms with van der Waals surface area (Å²) in [4.78, 5) is 37.4. The minimum absolute atomic E-state index is 0.0261. The van der Waals surface area contributed by atoms with Crippen molar-refractivity contribution in [1.29, 1.82) is 0 Å². The molecule has 0 bridgehead atoms. The van der Waals surface area contributed by atoms with Crippen LogP contribution in [0.3, 0.4) is 0 Å². The van der Waals surface area contributed by atoms with Crippen LogP contribution in [0.25, 0.3) is 0 Å². The molecular weight excluding hydrogens is 390 g/mol. The van der Waals surface area contributed by atoms with Crippen LogP contribution in [0.2, 0.25) is 0 Å². The van der Waals surface area contributed by atoms with Gasteiger partial charge in [0.15, 0.2) is 9.84 Å². The number of carbonyl (C=O) groups is 3. The summed E-state index contributed by atoms with van der Waals surface area (Å²) in [5.74, 6) is -0.895. The van der Waals surface area contributed by atoms with Gasteiger partial charge in [-0.05, 0) is 18.4 Å². The van der Waals surface area contributed by atoms with E-state index in [1.807, 2.05) is 6.07 Å². The number of urea groups is 1. The minimum Gasteiger partial charge on any atom is -0.318 e. The smallest absolute Gasteiger partial charge is 0.318 e. The Labute approximate surface area is 161 Å². The molecule has 27 heavy (non-hydrogen) atoms. The maximum atomic E-state index is 12.9. The molecule has 4 amide bonds. The van der Waals surface area contributed by atoms with Gasteiger partial charge in [0.2, 0.25) is 5.91 Å². The molecule has 0 radical (unpaired) electrons. The summed E-state index contributed by atoms with van der Waals surface area (Å²) in [6, 6.07) is 8.19. The van der Waals surface area contributed by atoms with Crippen LogP contribution in [0.1, 0.15) is 25.3 Å². The molecule has 2 atom stereocenters. The van der Waals surface area contributed by atoms with E-state index in [1.165, 1.54) is 11.8 Å². The van der Waals surface area contributed by atoms with E-state index in [0.29, 0.717) is 23.4 Å². The lowest BCUT2D eigenvalue weighted by Gasteiger charge is -2.25. The fourth-order valence-electron chi connectivity index (χ4n) is 3.28. The van der Waals surface area contributed by atoms with Crippen molar-refractivity contribution >= 4 is 39.4 Å². The Morgan fingerprint density at radius 2 is 2.04 bits per heavy atom. The van der Waals surface area contributed by atoms with Crippen molar-refractivity contribution in [2.75, 3.05) is 17.3 Å². The highest BCUT2D eigenvalue weighted by molar-refractivity contribution is 8.02. The number of sulfone groups is 1. The van der Waals surface area contributed by atoms with Gasteiger partial charge in [-0.1, -0.05) is 37.3 Å². The maximum Gasteiger partial charge on any atom is 0.344 e. The van der Waals surface area contributed by atoms with Crippen LogP contribution in [0.4, 0.5) is 4.79 Å². The largest absolute Gasteiger partial charge is 0.344 e. The molecule has 2 aliphatic heterocycles. The summed E-state index contributed by atoms with van der Waals surface area (Å²) in [5.41, 5.74) is 1.78. The molecule has 2 N–H and O–H groups in total. The van der Waals surface area contributed by atoms with Gasteiger partial charge >= 0.3 is 6.03 Å². The third kappa shape index (κ3) is 3.96. The predicted octanol–water partition coefficient (Wildman–Crippen LogP) is 0.795. The summed E-state index contributed by atoms with van der Waals surface area (Å²) in [6.45, 7) is 1.78. The van der Waals surface area contributed by atoms with Crippen LogP contribution < -0.4 is 10.7 Å². The van der Waals surface area contributed by atoms with Gasteiger partial charge in [0.1, 0.15) is 5.54 Å². The van der Waals surface area contributed by atoms with Crippen molar-refractivity contribution < 1.29 is 22.8 Å². The Morgan fingerprint density at radius 3 is 2.63 bits per heavy atom. The van der Waals surface area contributed by atoms with Crippen molar-refractivity contribution in [2.24, 2.45) is 0 Å². The molecule has 10 heteroatoms. The molecule has 146 valence electrons. The number of nitrogens with zero attached hydrogens (tertiary/aromatic N) is 1. The number of nitrogens with one attached hydrogen (secondary N) is 2. The number of carbonyl (C=O) groups excluding carboxylic acids is 3. The van der Waals surface area contributed by atoms with Crippen molar-refractivity contribution in [3.63, 3.8) is 0 Å². The second-order valence-electron chi connectivity index (χ2n) is 6.57. The van der Waals surface area contributed by atoms with Gasteiger partial charge in [-0.25, -0.2) is 13.2 Å². The zero-order chi connectivity index (χ0) is 19.7. The molecule has 0 aromatic heterocycles. The zero-order valence-corrected chi connectivity index (χ0v) is 16.4. The van der Waals surface area contributed by atoms with Crippen LogP contribution in [-0.4, -0.2) is 53.8 Å². The van der Waals surface area contributed by atoms with Gasteiger partial charge < -0.3 is 5.32 Å². The Morgan fingerprint density at radius 1 is 1.33 bits per heavy atom. The molecule has 0 aliphatic carbocycles. The number of benzene rings is 1. The Kier molecular flexibility index (Phi) is 5.48. The van der Waals surface area contributed by atoms with Crippen LogP contribution in [0, 0.1) is 0 Å². The van der Waals surface area contributed by atoms with Gasteiger partial charge in [-0.15, -0.1) is 11.8 Å². The van der Waals surface area contributed by atoms with E-state index in [9.17, 15) is 22.8 Å². The summed E-state index contributed by atoms with van der Waals surface area (Å²) in [6.07, 6.45) is 0.846. The fourth-order valence-corrected chi connectivity index (χ4v) is 6.72. The molecule has 1 aromatic carbocycles. The molecule has 0 unspecified atom stereocenters. The van der Waals surface area contributed by atoms with Crippen molar-refractivity contribution in [3.05, 3.63) is 35.9 Å². The summed E-state index contributed by atoms with van der Waals surface area (Å²) >= 11 is 1.22.